The van der Waals surface area contributed by atoms with Gasteiger partial charge in [0, 0.05) is 12.3 Å². The molecule has 1 aliphatic rings. The van der Waals surface area contributed by atoms with Crippen molar-refractivity contribution in [2.45, 2.75) is 51.9 Å². The maximum atomic E-state index is 5.91. The zero-order valence-corrected chi connectivity index (χ0v) is 11.3. The minimum atomic E-state index is 0.377. The monoisotopic (exact) mass is 236 g/mol. The van der Waals surface area contributed by atoms with Crippen molar-refractivity contribution in [2.75, 3.05) is 13.6 Å². The van der Waals surface area contributed by atoms with Crippen LogP contribution in [0.1, 0.15) is 57.1 Å². The highest BCUT2D eigenvalue weighted by atomic mass is 16.4. The minimum Gasteiger partial charge on any atom is -0.445 e. The van der Waals surface area contributed by atoms with Crippen LogP contribution in [0.2, 0.25) is 0 Å². The fourth-order valence-corrected chi connectivity index (χ4v) is 2.87. The minimum absolute atomic E-state index is 0.377. The molecule has 3 nitrogen and oxygen atoms in total. The Hall–Kier alpha value is -0.830. The molecule has 3 heteroatoms. The molecule has 0 amide bonds. The van der Waals surface area contributed by atoms with Gasteiger partial charge in [-0.2, -0.15) is 0 Å². The van der Waals surface area contributed by atoms with Crippen LogP contribution in [0.4, 0.5) is 0 Å². The van der Waals surface area contributed by atoms with E-state index in [0.29, 0.717) is 11.3 Å². The molecule has 17 heavy (non-hydrogen) atoms. The van der Waals surface area contributed by atoms with Crippen LogP contribution in [0.15, 0.2) is 10.6 Å². The smallest absolute Gasteiger partial charge is 0.194 e. The fourth-order valence-electron chi connectivity index (χ4n) is 2.87. The zero-order valence-electron chi connectivity index (χ0n) is 11.3. The molecule has 1 atom stereocenters. The summed E-state index contributed by atoms with van der Waals surface area (Å²) in [5.74, 6) is 2.57. The Bertz CT molecular complexity index is 357. The molecule has 1 aliphatic carbocycles. The maximum Gasteiger partial charge on any atom is 0.194 e. The van der Waals surface area contributed by atoms with E-state index in [-0.39, 0.29) is 0 Å². The molecule has 0 bridgehead atoms. The summed E-state index contributed by atoms with van der Waals surface area (Å²) < 4.78 is 5.91. The van der Waals surface area contributed by atoms with E-state index < -0.39 is 0 Å². The average Bonchev–Trinajstić information content (AvgIpc) is 2.85. The number of aryl methyl sites for hydroxylation is 1. The second kappa shape index (κ2) is 5.21. The van der Waals surface area contributed by atoms with Gasteiger partial charge >= 0.3 is 0 Å². The molecule has 1 saturated carbocycles. The first-order valence-corrected chi connectivity index (χ1v) is 6.72. The summed E-state index contributed by atoms with van der Waals surface area (Å²) in [6.07, 6.45) is 7.84. The van der Waals surface area contributed by atoms with Gasteiger partial charge in [0.15, 0.2) is 5.89 Å². The first-order chi connectivity index (χ1) is 8.13. The fraction of sp³-hybridized carbons (Fsp3) is 0.786. The SMILES string of the molecule is CNCCCc1ncc(C2CCCC2(C)C)o1. The van der Waals surface area contributed by atoms with Crippen LogP contribution in [0, 0.1) is 5.41 Å². The lowest BCUT2D eigenvalue weighted by Crippen LogP contribution is -2.14. The number of hydrogen-bond acceptors (Lipinski definition) is 3. The van der Waals surface area contributed by atoms with E-state index >= 15 is 0 Å². The van der Waals surface area contributed by atoms with E-state index in [0.717, 1.165) is 31.0 Å². The molecule has 2 rings (SSSR count). The molecule has 0 aromatic carbocycles. The molecule has 1 aromatic rings. The lowest BCUT2D eigenvalue weighted by molar-refractivity contribution is 0.287. The van der Waals surface area contributed by atoms with Crippen molar-refractivity contribution in [3.63, 3.8) is 0 Å². The summed E-state index contributed by atoms with van der Waals surface area (Å²) in [7, 11) is 1.97. The van der Waals surface area contributed by atoms with Crippen molar-refractivity contribution in [3.8, 4) is 0 Å². The van der Waals surface area contributed by atoms with E-state index in [1.807, 2.05) is 13.2 Å². The predicted octanol–water partition coefficient (Wildman–Crippen LogP) is 3.12. The normalized spacial score (nSPS) is 23.1. The predicted molar refractivity (Wildman–Crippen MR) is 69.1 cm³/mol. The molecule has 0 aliphatic heterocycles. The van der Waals surface area contributed by atoms with Crippen molar-refractivity contribution < 1.29 is 4.42 Å². The molecule has 1 aromatic heterocycles. The van der Waals surface area contributed by atoms with Crippen LogP contribution in [-0.4, -0.2) is 18.6 Å². The van der Waals surface area contributed by atoms with Gasteiger partial charge in [-0.25, -0.2) is 4.98 Å². The van der Waals surface area contributed by atoms with Gasteiger partial charge in [-0.1, -0.05) is 20.3 Å². The summed E-state index contributed by atoms with van der Waals surface area (Å²) in [6, 6.07) is 0. The number of aromatic nitrogens is 1. The van der Waals surface area contributed by atoms with Gasteiger partial charge in [0.25, 0.3) is 0 Å². The highest BCUT2D eigenvalue weighted by Crippen LogP contribution is 2.48. The number of oxazole rings is 1. The van der Waals surface area contributed by atoms with Crippen molar-refractivity contribution >= 4 is 0 Å². The number of rotatable bonds is 5. The number of hydrogen-bond donors (Lipinski definition) is 1. The standard InChI is InChI=1S/C14H24N2O/c1-14(2)8-4-6-11(14)12-10-16-13(17-12)7-5-9-15-3/h10-11,15H,4-9H2,1-3H3. The van der Waals surface area contributed by atoms with Crippen molar-refractivity contribution in [1.82, 2.24) is 10.3 Å². The van der Waals surface area contributed by atoms with E-state index in [9.17, 15) is 0 Å². The molecule has 96 valence electrons. The van der Waals surface area contributed by atoms with E-state index in [2.05, 4.69) is 24.1 Å². The zero-order chi connectivity index (χ0) is 12.3. The van der Waals surface area contributed by atoms with E-state index in [1.54, 1.807) is 0 Å². The Balaban J connectivity index is 1.98. The number of nitrogens with one attached hydrogen (secondary N) is 1. The first-order valence-electron chi connectivity index (χ1n) is 6.72. The van der Waals surface area contributed by atoms with E-state index in [1.165, 1.54) is 19.3 Å². The lowest BCUT2D eigenvalue weighted by Gasteiger charge is -2.24. The van der Waals surface area contributed by atoms with Crippen molar-refractivity contribution in [2.24, 2.45) is 5.41 Å². The van der Waals surface area contributed by atoms with Crippen LogP contribution in [0.3, 0.4) is 0 Å². The van der Waals surface area contributed by atoms with E-state index in [4.69, 9.17) is 4.42 Å². The van der Waals surface area contributed by atoms with Gasteiger partial charge in [0.1, 0.15) is 5.76 Å². The van der Waals surface area contributed by atoms with Gasteiger partial charge in [0.05, 0.1) is 6.20 Å². The quantitative estimate of drug-likeness (QED) is 0.798. The summed E-state index contributed by atoms with van der Waals surface area (Å²) in [5.41, 5.74) is 0.377. The van der Waals surface area contributed by atoms with Crippen LogP contribution in [0.5, 0.6) is 0 Å². The Morgan fingerprint density at radius 3 is 3.00 bits per heavy atom. The van der Waals surface area contributed by atoms with Crippen molar-refractivity contribution in [3.05, 3.63) is 17.8 Å². The highest BCUT2D eigenvalue weighted by molar-refractivity contribution is 5.09. The molecule has 0 spiro atoms. The molecule has 1 unspecified atom stereocenters. The molecule has 1 fully saturated rings. The van der Waals surface area contributed by atoms with Gasteiger partial charge in [-0.05, 0) is 38.3 Å². The largest absolute Gasteiger partial charge is 0.445 e. The Morgan fingerprint density at radius 1 is 1.53 bits per heavy atom. The molecular weight excluding hydrogens is 212 g/mol. The van der Waals surface area contributed by atoms with Crippen LogP contribution >= 0.6 is 0 Å². The third-order valence-corrected chi connectivity index (χ3v) is 3.99. The topological polar surface area (TPSA) is 38.1 Å². The summed E-state index contributed by atoms with van der Waals surface area (Å²) >= 11 is 0. The van der Waals surface area contributed by atoms with Gasteiger partial charge < -0.3 is 9.73 Å². The van der Waals surface area contributed by atoms with Gasteiger partial charge in [-0.15, -0.1) is 0 Å². The van der Waals surface area contributed by atoms with Crippen LogP contribution in [0.25, 0.3) is 0 Å². The second-order valence-electron chi connectivity index (χ2n) is 5.80. The van der Waals surface area contributed by atoms with Crippen LogP contribution < -0.4 is 5.32 Å². The Kier molecular flexibility index (Phi) is 3.87. The molecule has 1 N–H and O–H groups in total. The lowest BCUT2D eigenvalue weighted by atomic mass is 9.81. The second-order valence-corrected chi connectivity index (χ2v) is 5.80. The summed E-state index contributed by atoms with van der Waals surface area (Å²) in [4.78, 5) is 4.40. The molecule has 1 heterocycles. The van der Waals surface area contributed by atoms with Gasteiger partial charge in [-0.3, -0.25) is 0 Å². The van der Waals surface area contributed by atoms with Crippen LogP contribution in [-0.2, 0) is 6.42 Å². The summed E-state index contributed by atoms with van der Waals surface area (Å²) in [5, 5.41) is 3.14. The maximum absolute atomic E-state index is 5.91. The summed E-state index contributed by atoms with van der Waals surface area (Å²) in [6.45, 7) is 5.70. The van der Waals surface area contributed by atoms with Gasteiger partial charge in [0.2, 0.25) is 0 Å². The first kappa shape index (κ1) is 12.6. The third kappa shape index (κ3) is 2.89. The number of nitrogens with zero attached hydrogens (tertiary/aromatic N) is 1. The average molecular weight is 236 g/mol. The highest BCUT2D eigenvalue weighted by Gasteiger charge is 2.37. The molecule has 0 radical (unpaired) electrons. The van der Waals surface area contributed by atoms with Crippen molar-refractivity contribution in [1.29, 1.82) is 0 Å². The Labute approximate surface area is 104 Å². The Morgan fingerprint density at radius 2 is 2.35 bits per heavy atom. The molecule has 0 saturated heterocycles. The third-order valence-electron chi connectivity index (χ3n) is 3.99. The molecular formula is C14H24N2O.